The van der Waals surface area contributed by atoms with E-state index in [1.807, 2.05) is 0 Å². The summed E-state index contributed by atoms with van der Waals surface area (Å²) in [4.78, 5) is 0. The SMILES string of the molecule is CNC(CC#CC(C)(C)C)C1CCCCCC1. The second-order valence-electron chi connectivity index (χ2n) is 6.40. The molecule has 1 unspecified atom stereocenters. The van der Waals surface area contributed by atoms with Crippen LogP contribution < -0.4 is 5.32 Å². The molecule has 0 radical (unpaired) electrons. The van der Waals surface area contributed by atoms with Crippen LogP contribution in [0.25, 0.3) is 0 Å². The lowest BCUT2D eigenvalue weighted by molar-refractivity contribution is 0.338. The van der Waals surface area contributed by atoms with Crippen molar-refractivity contribution < 1.29 is 0 Å². The third kappa shape index (κ3) is 6.13. The van der Waals surface area contributed by atoms with Gasteiger partial charge in [-0.1, -0.05) is 31.6 Å². The highest BCUT2D eigenvalue weighted by Crippen LogP contribution is 2.26. The molecule has 98 valence electrons. The second kappa shape index (κ2) is 7.07. The monoisotopic (exact) mass is 235 g/mol. The fraction of sp³-hybridized carbons (Fsp3) is 0.875. The molecule has 0 heterocycles. The number of hydrogen-bond acceptors (Lipinski definition) is 1. The number of nitrogens with one attached hydrogen (secondary N) is 1. The van der Waals surface area contributed by atoms with Crippen LogP contribution in [0.5, 0.6) is 0 Å². The summed E-state index contributed by atoms with van der Waals surface area (Å²) < 4.78 is 0. The Kier molecular flexibility index (Phi) is 6.06. The topological polar surface area (TPSA) is 12.0 Å². The van der Waals surface area contributed by atoms with Crippen molar-refractivity contribution in [3.8, 4) is 11.8 Å². The van der Waals surface area contributed by atoms with E-state index in [0.717, 1.165) is 12.3 Å². The lowest BCUT2D eigenvalue weighted by Crippen LogP contribution is -2.33. The predicted octanol–water partition coefficient (Wildman–Crippen LogP) is 3.98. The summed E-state index contributed by atoms with van der Waals surface area (Å²) in [5.41, 5.74) is 0.141. The first-order valence-corrected chi connectivity index (χ1v) is 7.20. The molecular formula is C16H29N. The van der Waals surface area contributed by atoms with Crippen LogP contribution >= 0.6 is 0 Å². The Balaban J connectivity index is 2.48. The number of rotatable bonds is 3. The predicted molar refractivity (Wildman–Crippen MR) is 75.9 cm³/mol. The van der Waals surface area contributed by atoms with Gasteiger partial charge < -0.3 is 5.32 Å². The molecule has 0 bridgehead atoms. The molecule has 0 aromatic rings. The van der Waals surface area contributed by atoms with E-state index in [-0.39, 0.29) is 5.41 Å². The number of hydrogen-bond donors (Lipinski definition) is 1. The largest absolute Gasteiger partial charge is 0.316 e. The second-order valence-corrected chi connectivity index (χ2v) is 6.40. The zero-order valence-electron chi connectivity index (χ0n) is 12.1. The van der Waals surface area contributed by atoms with Crippen LogP contribution in [0.4, 0.5) is 0 Å². The average Bonchev–Trinajstić information content (AvgIpc) is 2.51. The summed E-state index contributed by atoms with van der Waals surface area (Å²) in [6.07, 6.45) is 9.48. The van der Waals surface area contributed by atoms with Gasteiger partial charge in [0.2, 0.25) is 0 Å². The van der Waals surface area contributed by atoms with Gasteiger partial charge in [-0.2, -0.15) is 0 Å². The van der Waals surface area contributed by atoms with Crippen LogP contribution in [0, 0.1) is 23.2 Å². The van der Waals surface area contributed by atoms with E-state index in [4.69, 9.17) is 0 Å². The molecule has 1 aliphatic rings. The van der Waals surface area contributed by atoms with Crippen molar-refractivity contribution in [1.29, 1.82) is 0 Å². The van der Waals surface area contributed by atoms with E-state index < -0.39 is 0 Å². The standard InChI is InChI=1S/C16H29N/c1-16(2,3)13-9-12-15(17-4)14-10-7-5-6-8-11-14/h14-15,17H,5-8,10-12H2,1-4H3. The Bertz CT molecular complexity index is 255. The fourth-order valence-electron chi connectivity index (χ4n) is 2.64. The minimum Gasteiger partial charge on any atom is -0.316 e. The lowest BCUT2D eigenvalue weighted by atomic mass is 9.89. The molecule has 0 saturated heterocycles. The summed E-state index contributed by atoms with van der Waals surface area (Å²) in [5.74, 6) is 7.58. The van der Waals surface area contributed by atoms with Gasteiger partial charge in [0.25, 0.3) is 0 Å². The Morgan fingerprint density at radius 2 is 1.71 bits per heavy atom. The van der Waals surface area contributed by atoms with Crippen molar-refractivity contribution in [1.82, 2.24) is 5.32 Å². The summed E-state index contributed by atoms with van der Waals surface area (Å²) >= 11 is 0. The molecule has 1 saturated carbocycles. The third-order valence-electron chi connectivity index (χ3n) is 3.63. The van der Waals surface area contributed by atoms with Crippen molar-refractivity contribution in [3.05, 3.63) is 0 Å². The summed E-state index contributed by atoms with van der Waals surface area (Å²) in [6, 6.07) is 0.600. The zero-order chi connectivity index (χ0) is 12.7. The molecule has 1 fully saturated rings. The smallest absolute Gasteiger partial charge is 0.0246 e. The highest BCUT2D eigenvalue weighted by Gasteiger charge is 2.20. The molecule has 0 amide bonds. The van der Waals surface area contributed by atoms with Crippen molar-refractivity contribution in [3.63, 3.8) is 0 Å². The van der Waals surface area contributed by atoms with Gasteiger partial charge >= 0.3 is 0 Å². The Morgan fingerprint density at radius 3 is 2.18 bits per heavy atom. The molecule has 17 heavy (non-hydrogen) atoms. The van der Waals surface area contributed by atoms with Crippen molar-refractivity contribution >= 4 is 0 Å². The first-order valence-electron chi connectivity index (χ1n) is 7.20. The fourth-order valence-corrected chi connectivity index (χ4v) is 2.64. The zero-order valence-corrected chi connectivity index (χ0v) is 12.1. The van der Waals surface area contributed by atoms with Gasteiger partial charge in [0.15, 0.2) is 0 Å². The maximum Gasteiger partial charge on any atom is 0.0246 e. The Morgan fingerprint density at radius 1 is 1.12 bits per heavy atom. The van der Waals surface area contributed by atoms with Crippen LogP contribution in [0.3, 0.4) is 0 Å². The van der Waals surface area contributed by atoms with Gasteiger partial charge in [-0.15, -0.1) is 5.92 Å². The molecule has 0 aromatic carbocycles. The molecular weight excluding hydrogens is 206 g/mol. The summed E-state index contributed by atoms with van der Waals surface area (Å²) in [6.45, 7) is 6.54. The molecule has 0 spiro atoms. The van der Waals surface area contributed by atoms with Gasteiger partial charge in [0, 0.05) is 17.9 Å². The van der Waals surface area contributed by atoms with Gasteiger partial charge in [0.1, 0.15) is 0 Å². The van der Waals surface area contributed by atoms with Crippen LogP contribution in [0.2, 0.25) is 0 Å². The van der Waals surface area contributed by atoms with E-state index >= 15 is 0 Å². The Hall–Kier alpha value is -0.480. The Labute approximate surface area is 108 Å². The highest BCUT2D eigenvalue weighted by atomic mass is 14.9. The quantitative estimate of drug-likeness (QED) is 0.576. The highest BCUT2D eigenvalue weighted by molar-refractivity contribution is 5.08. The van der Waals surface area contributed by atoms with Gasteiger partial charge in [-0.25, -0.2) is 0 Å². The van der Waals surface area contributed by atoms with E-state index in [1.54, 1.807) is 0 Å². The van der Waals surface area contributed by atoms with Crippen LogP contribution in [-0.4, -0.2) is 13.1 Å². The molecule has 1 heteroatoms. The first kappa shape index (κ1) is 14.6. The molecule has 1 nitrogen and oxygen atoms in total. The maximum absolute atomic E-state index is 3.48. The maximum atomic E-state index is 3.48. The van der Waals surface area contributed by atoms with E-state index in [0.29, 0.717) is 6.04 Å². The first-order chi connectivity index (χ1) is 8.03. The minimum absolute atomic E-state index is 0.141. The van der Waals surface area contributed by atoms with Crippen molar-refractivity contribution in [2.24, 2.45) is 11.3 Å². The third-order valence-corrected chi connectivity index (χ3v) is 3.63. The summed E-state index contributed by atoms with van der Waals surface area (Å²) in [7, 11) is 2.09. The average molecular weight is 235 g/mol. The van der Waals surface area contributed by atoms with Crippen LogP contribution in [-0.2, 0) is 0 Å². The van der Waals surface area contributed by atoms with Gasteiger partial charge in [0.05, 0.1) is 0 Å². The van der Waals surface area contributed by atoms with Crippen LogP contribution in [0.15, 0.2) is 0 Å². The normalized spacial score (nSPS) is 20.2. The minimum atomic E-state index is 0.141. The van der Waals surface area contributed by atoms with E-state index in [2.05, 4.69) is 45.0 Å². The van der Waals surface area contributed by atoms with Crippen LogP contribution in [0.1, 0.15) is 65.7 Å². The molecule has 1 aliphatic carbocycles. The molecule has 1 rings (SSSR count). The van der Waals surface area contributed by atoms with Gasteiger partial charge in [-0.05, 0) is 46.6 Å². The summed E-state index contributed by atoms with van der Waals surface area (Å²) in [5, 5.41) is 3.48. The molecule has 0 aliphatic heterocycles. The van der Waals surface area contributed by atoms with Gasteiger partial charge in [-0.3, -0.25) is 0 Å². The van der Waals surface area contributed by atoms with E-state index in [9.17, 15) is 0 Å². The molecule has 0 aromatic heterocycles. The van der Waals surface area contributed by atoms with E-state index in [1.165, 1.54) is 38.5 Å². The molecule has 1 atom stereocenters. The molecule has 1 N–H and O–H groups in total. The van der Waals surface area contributed by atoms with Crippen molar-refractivity contribution in [2.45, 2.75) is 71.8 Å². The van der Waals surface area contributed by atoms with Crippen molar-refractivity contribution in [2.75, 3.05) is 7.05 Å². The lowest BCUT2D eigenvalue weighted by Gasteiger charge is -2.24.